The van der Waals surface area contributed by atoms with Crippen molar-refractivity contribution in [2.24, 2.45) is 10.5 Å². The van der Waals surface area contributed by atoms with Gasteiger partial charge in [0.25, 0.3) is 0 Å². The molecule has 8 heteroatoms. The maximum atomic E-state index is 13.6. The van der Waals surface area contributed by atoms with Gasteiger partial charge in [0.2, 0.25) is 5.91 Å². The highest BCUT2D eigenvalue weighted by Gasteiger charge is 2.46. The van der Waals surface area contributed by atoms with Crippen LogP contribution in [0.1, 0.15) is 38.5 Å². The van der Waals surface area contributed by atoms with Gasteiger partial charge in [-0.3, -0.25) is 4.79 Å². The molecule has 2 aliphatic rings. The molecule has 1 aromatic rings. The molecule has 1 saturated heterocycles. The third-order valence-electron chi connectivity index (χ3n) is 5.14. The number of benzene rings is 1. The molecule has 5 nitrogen and oxygen atoms in total. The number of hydrogen-bond acceptors (Lipinski definition) is 2. The molecule has 1 heterocycles. The van der Waals surface area contributed by atoms with E-state index in [9.17, 15) is 13.6 Å². The molecule has 3 rings (SSSR count). The summed E-state index contributed by atoms with van der Waals surface area (Å²) in [5.74, 6) is -2.15. The molecule has 0 aromatic heterocycles. The van der Waals surface area contributed by atoms with Gasteiger partial charge in [-0.1, -0.05) is 16.7 Å². The monoisotopic (exact) mass is 354 g/mol. The molecule has 24 heavy (non-hydrogen) atoms. The van der Waals surface area contributed by atoms with E-state index in [1.54, 1.807) is 0 Å². The summed E-state index contributed by atoms with van der Waals surface area (Å²) in [6, 6.07) is 1.81. The molecule has 1 aliphatic carbocycles. The van der Waals surface area contributed by atoms with Crippen LogP contribution in [0, 0.1) is 17.0 Å². The SMILES string of the molecule is [N-]=[N+]=NC1CCC2(CCCN(c3cc(F)c(F)cc3Cl)C2=O)CC1. The Morgan fingerprint density at radius 1 is 1.25 bits per heavy atom. The van der Waals surface area contributed by atoms with Crippen molar-refractivity contribution < 1.29 is 13.6 Å². The first kappa shape index (κ1) is 17.0. The van der Waals surface area contributed by atoms with Crippen LogP contribution < -0.4 is 4.90 Å². The number of azide groups is 1. The van der Waals surface area contributed by atoms with E-state index in [4.69, 9.17) is 17.1 Å². The second kappa shape index (κ2) is 6.57. The van der Waals surface area contributed by atoms with Crippen LogP contribution in [0.2, 0.25) is 5.02 Å². The van der Waals surface area contributed by atoms with Crippen molar-refractivity contribution >= 4 is 23.2 Å². The van der Waals surface area contributed by atoms with Crippen LogP contribution in [0.5, 0.6) is 0 Å². The number of piperidine rings is 1. The summed E-state index contributed by atoms with van der Waals surface area (Å²) in [5, 5.41) is 3.77. The highest BCUT2D eigenvalue weighted by atomic mass is 35.5. The average Bonchev–Trinajstić information content (AvgIpc) is 2.56. The number of anilines is 1. The van der Waals surface area contributed by atoms with Gasteiger partial charge in [-0.15, -0.1) is 0 Å². The third kappa shape index (κ3) is 2.94. The highest BCUT2D eigenvalue weighted by molar-refractivity contribution is 6.33. The second-order valence-electron chi connectivity index (χ2n) is 6.49. The topological polar surface area (TPSA) is 69.1 Å². The summed E-state index contributed by atoms with van der Waals surface area (Å²) in [5.41, 5.74) is 8.24. The van der Waals surface area contributed by atoms with Crippen LogP contribution >= 0.6 is 11.6 Å². The van der Waals surface area contributed by atoms with E-state index in [0.717, 1.165) is 25.0 Å². The van der Waals surface area contributed by atoms with Crippen molar-refractivity contribution in [1.29, 1.82) is 0 Å². The molecule has 0 bridgehead atoms. The molecule has 1 amide bonds. The number of hydrogen-bond donors (Lipinski definition) is 0. The Balaban J connectivity index is 1.86. The van der Waals surface area contributed by atoms with Crippen LogP contribution in [0.25, 0.3) is 10.4 Å². The number of amides is 1. The van der Waals surface area contributed by atoms with E-state index in [1.807, 2.05) is 0 Å². The normalized spacial score (nSPS) is 27.2. The fourth-order valence-corrected chi connectivity index (χ4v) is 4.08. The number of halogens is 3. The molecule has 128 valence electrons. The Morgan fingerprint density at radius 2 is 1.92 bits per heavy atom. The summed E-state index contributed by atoms with van der Waals surface area (Å²) < 4.78 is 26.9. The first-order valence-electron chi connectivity index (χ1n) is 7.97. The molecule has 1 aliphatic heterocycles. The van der Waals surface area contributed by atoms with Gasteiger partial charge in [-0.25, -0.2) is 8.78 Å². The highest BCUT2D eigenvalue weighted by Crippen LogP contribution is 2.46. The zero-order valence-corrected chi connectivity index (χ0v) is 13.8. The number of nitrogens with zero attached hydrogens (tertiary/aromatic N) is 4. The minimum absolute atomic E-state index is 0.0297. The maximum Gasteiger partial charge on any atom is 0.233 e. The fraction of sp³-hybridized carbons (Fsp3) is 0.562. The molecule has 1 aromatic carbocycles. The summed E-state index contributed by atoms with van der Waals surface area (Å²) in [6.45, 7) is 0.436. The Kier molecular flexibility index (Phi) is 4.65. The van der Waals surface area contributed by atoms with Crippen LogP contribution in [-0.4, -0.2) is 18.5 Å². The molecular weight excluding hydrogens is 338 g/mol. The van der Waals surface area contributed by atoms with Gasteiger partial charge in [-0.2, -0.15) is 0 Å². The van der Waals surface area contributed by atoms with Crippen LogP contribution in [0.4, 0.5) is 14.5 Å². The Hall–Kier alpha value is -1.85. The molecule has 1 saturated carbocycles. The second-order valence-corrected chi connectivity index (χ2v) is 6.90. The quantitative estimate of drug-likeness (QED) is 0.319. The van der Waals surface area contributed by atoms with Gasteiger partial charge in [-0.05, 0) is 50.1 Å². The van der Waals surface area contributed by atoms with Gasteiger partial charge < -0.3 is 4.90 Å². The minimum atomic E-state index is -1.03. The predicted octanol–water partition coefficient (Wildman–Crippen LogP) is 4.98. The van der Waals surface area contributed by atoms with E-state index in [-0.39, 0.29) is 22.7 Å². The summed E-state index contributed by atoms with van der Waals surface area (Å²) in [4.78, 5) is 17.4. The summed E-state index contributed by atoms with van der Waals surface area (Å²) in [7, 11) is 0. The third-order valence-corrected chi connectivity index (χ3v) is 5.45. The van der Waals surface area contributed by atoms with Gasteiger partial charge >= 0.3 is 0 Å². The Bertz CT molecular complexity index is 712. The summed E-state index contributed by atoms with van der Waals surface area (Å²) >= 11 is 6.04. The van der Waals surface area contributed by atoms with Gasteiger partial charge in [0, 0.05) is 29.0 Å². The Labute approximate surface area is 143 Å². The standard InChI is InChI=1S/C16H17ClF2N4O/c17-11-8-12(18)13(19)9-14(11)23-7-1-4-16(15(23)24)5-2-10(3-6-16)21-22-20/h8-10H,1-7H2. The van der Waals surface area contributed by atoms with Gasteiger partial charge in [0.05, 0.1) is 10.7 Å². The molecular formula is C16H17ClF2N4O. The number of carbonyl (C=O) groups is 1. The van der Waals surface area contributed by atoms with Crippen molar-refractivity contribution in [3.63, 3.8) is 0 Å². The summed E-state index contributed by atoms with van der Waals surface area (Å²) in [6.07, 6.45) is 4.12. The molecule has 0 unspecified atom stereocenters. The average molecular weight is 355 g/mol. The number of rotatable bonds is 2. The molecule has 2 fully saturated rings. The van der Waals surface area contributed by atoms with Crippen molar-refractivity contribution in [3.05, 3.63) is 39.2 Å². The van der Waals surface area contributed by atoms with Crippen LogP contribution in [-0.2, 0) is 4.79 Å². The molecule has 0 radical (unpaired) electrons. The first-order valence-corrected chi connectivity index (χ1v) is 8.35. The zero-order valence-electron chi connectivity index (χ0n) is 13.0. The largest absolute Gasteiger partial charge is 0.310 e. The van der Waals surface area contributed by atoms with E-state index < -0.39 is 17.0 Å². The van der Waals surface area contributed by atoms with Crippen LogP contribution in [0.3, 0.4) is 0 Å². The molecule has 0 atom stereocenters. The minimum Gasteiger partial charge on any atom is -0.310 e. The van der Waals surface area contributed by atoms with Crippen molar-refractivity contribution in [2.75, 3.05) is 11.4 Å². The zero-order chi connectivity index (χ0) is 17.3. The maximum absolute atomic E-state index is 13.6. The van der Waals surface area contributed by atoms with Crippen molar-refractivity contribution in [2.45, 2.75) is 44.6 Å². The van der Waals surface area contributed by atoms with Crippen molar-refractivity contribution in [3.8, 4) is 0 Å². The lowest BCUT2D eigenvalue weighted by atomic mass is 9.67. The lowest BCUT2D eigenvalue weighted by molar-refractivity contribution is -0.132. The van der Waals surface area contributed by atoms with Crippen molar-refractivity contribution in [1.82, 2.24) is 0 Å². The lowest BCUT2D eigenvalue weighted by Gasteiger charge is -2.45. The fourth-order valence-electron chi connectivity index (χ4n) is 3.83. The molecule has 0 N–H and O–H groups in total. The lowest BCUT2D eigenvalue weighted by Crippen LogP contribution is -2.50. The van der Waals surface area contributed by atoms with Crippen LogP contribution in [0.15, 0.2) is 17.2 Å². The van der Waals surface area contributed by atoms with Gasteiger partial charge in [0.15, 0.2) is 11.6 Å². The molecule has 1 spiro atoms. The Morgan fingerprint density at radius 3 is 2.58 bits per heavy atom. The van der Waals surface area contributed by atoms with E-state index in [2.05, 4.69) is 10.0 Å². The smallest absolute Gasteiger partial charge is 0.233 e. The number of carbonyl (C=O) groups excluding carboxylic acids is 1. The van der Waals surface area contributed by atoms with E-state index in [0.29, 0.717) is 32.2 Å². The van der Waals surface area contributed by atoms with E-state index >= 15 is 0 Å². The first-order chi connectivity index (χ1) is 11.5. The predicted molar refractivity (Wildman–Crippen MR) is 86.8 cm³/mol. The van der Waals surface area contributed by atoms with E-state index in [1.165, 1.54) is 4.90 Å². The van der Waals surface area contributed by atoms with Gasteiger partial charge in [0.1, 0.15) is 0 Å².